The van der Waals surface area contributed by atoms with E-state index in [0.29, 0.717) is 84.5 Å². The Hall–Kier alpha value is -7.43. The van der Waals surface area contributed by atoms with Gasteiger partial charge in [0.05, 0.1) is 82.1 Å². The van der Waals surface area contributed by atoms with E-state index in [1.54, 1.807) is 85.2 Å². The van der Waals surface area contributed by atoms with Gasteiger partial charge in [-0.3, -0.25) is 29.0 Å². The van der Waals surface area contributed by atoms with E-state index in [2.05, 4.69) is 43.5 Å². The number of nitrogens with zero attached hydrogens (tertiary/aromatic N) is 1. The van der Waals surface area contributed by atoms with Crippen LogP contribution in [0.15, 0.2) is 140 Å². The zero-order valence-electron chi connectivity index (χ0n) is 46.1. The number of para-hydroxylation sites is 1. The van der Waals surface area contributed by atoms with Crippen molar-refractivity contribution in [2.24, 2.45) is 17.8 Å². The topological polar surface area (TPSA) is 244 Å². The Morgan fingerprint density at radius 2 is 0.821 bits per heavy atom. The van der Waals surface area contributed by atoms with Gasteiger partial charge in [0.15, 0.2) is 0 Å². The molecule has 6 saturated heterocycles. The van der Waals surface area contributed by atoms with Gasteiger partial charge in [-0.25, -0.2) is 0 Å². The number of pyridine rings is 1. The lowest BCUT2D eigenvalue weighted by atomic mass is 10.0. The fourth-order valence-electron chi connectivity index (χ4n) is 11.2. The smallest absolute Gasteiger partial charge is 0.251 e. The Morgan fingerprint density at radius 3 is 1.29 bits per heavy atom. The van der Waals surface area contributed by atoms with Crippen molar-refractivity contribution >= 4 is 41.1 Å². The molecule has 4 aromatic carbocycles. The standard InChI is InChI=1S/C23H25N3O4.C23H24N2O5.C17H19ClN2O4/c1-14(15-7-8-15)25-19-12-28-22-20(13-29-21(19)22)26-23(27)16-4-2-5-17(10-16)30-18-6-3-9-24-11-18;26-22(14-6-7-14)24-18-12-28-21-19(13-29-20(18)21)25-23(27)15-8-10-17(11-9-15)30-16-4-2-1-3-5-16;18-11-3-1-2-10(6-11)17(22)20-13-8-24-14-12(7-23-15(13)14)19-16(21)9-4-5-9/h2-6,9-11,15,19-22,25H,1,7-8,12-13H2,(H,26,27);1-5,8-11,14,18-21H,6-7,12-13H2,(H,24,26)(H,25,27);1-3,6,9,12-15H,4-5,7-8H2,(H,19,21)(H,20,22). The van der Waals surface area contributed by atoms with Crippen molar-refractivity contribution in [1.82, 2.24) is 36.9 Å². The van der Waals surface area contributed by atoms with E-state index >= 15 is 0 Å². The molecule has 12 unspecified atom stereocenters. The Morgan fingerprint density at radius 1 is 0.417 bits per heavy atom. The van der Waals surface area contributed by atoms with Crippen LogP contribution in [0.2, 0.25) is 5.02 Å². The molecule has 5 aromatic rings. The molecule has 0 spiro atoms. The summed E-state index contributed by atoms with van der Waals surface area (Å²) < 4.78 is 46.7. The highest BCUT2D eigenvalue weighted by molar-refractivity contribution is 6.31. The van der Waals surface area contributed by atoms with Crippen LogP contribution in [0.5, 0.6) is 23.0 Å². The zero-order valence-corrected chi connectivity index (χ0v) is 46.9. The van der Waals surface area contributed by atoms with E-state index in [1.165, 1.54) is 12.8 Å². The van der Waals surface area contributed by atoms with Crippen molar-refractivity contribution in [2.75, 3.05) is 39.6 Å². The van der Waals surface area contributed by atoms with E-state index < -0.39 is 0 Å². The summed E-state index contributed by atoms with van der Waals surface area (Å²) in [6.07, 6.45) is 8.41. The number of ether oxygens (including phenoxy) is 8. The molecule has 0 radical (unpaired) electrons. The predicted molar refractivity (Wildman–Crippen MR) is 305 cm³/mol. The molecule has 440 valence electrons. The summed E-state index contributed by atoms with van der Waals surface area (Å²) in [6.45, 7) is 6.68. The maximum atomic E-state index is 12.8. The maximum absolute atomic E-state index is 12.8. The fraction of sp³-hybridized carbons (Fsp3) is 0.429. The molecule has 20 nitrogen and oxygen atoms in total. The van der Waals surface area contributed by atoms with Crippen LogP contribution in [0.4, 0.5) is 0 Å². The van der Waals surface area contributed by atoms with Gasteiger partial charge in [-0.15, -0.1) is 0 Å². The molecule has 84 heavy (non-hydrogen) atoms. The van der Waals surface area contributed by atoms with Crippen molar-refractivity contribution < 1.29 is 61.9 Å². The van der Waals surface area contributed by atoms with E-state index in [0.717, 1.165) is 37.1 Å². The number of carbonyl (C=O) groups is 5. The molecule has 9 fully saturated rings. The average molecular weight is 1170 g/mol. The van der Waals surface area contributed by atoms with E-state index in [9.17, 15) is 24.0 Å². The third-order valence-corrected chi connectivity index (χ3v) is 16.5. The Bertz CT molecular complexity index is 3170. The normalized spacial score (nSPS) is 28.5. The number of amides is 5. The first-order chi connectivity index (χ1) is 41.0. The molecule has 21 heteroatoms. The minimum Gasteiger partial charge on any atom is -0.457 e. The lowest BCUT2D eigenvalue weighted by Crippen LogP contribution is -2.47. The van der Waals surface area contributed by atoms with Crippen LogP contribution < -0.4 is 41.4 Å². The van der Waals surface area contributed by atoms with Crippen LogP contribution in [-0.2, 0) is 38.0 Å². The summed E-state index contributed by atoms with van der Waals surface area (Å²) in [6, 6.07) is 33.1. The van der Waals surface area contributed by atoms with E-state index in [4.69, 9.17) is 49.5 Å². The first-order valence-electron chi connectivity index (χ1n) is 28.9. The van der Waals surface area contributed by atoms with Gasteiger partial charge in [0.2, 0.25) is 11.8 Å². The monoisotopic (exact) mass is 1170 g/mol. The van der Waals surface area contributed by atoms with E-state index in [-0.39, 0.29) is 114 Å². The van der Waals surface area contributed by atoms with Crippen LogP contribution in [-0.4, -0.2) is 147 Å². The molecule has 7 heterocycles. The van der Waals surface area contributed by atoms with Gasteiger partial charge in [0.1, 0.15) is 59.6 Å². The number of fused-ring (bicyclic) bond motifs is 3. The molecule has 9 aliphatic rings. The number of carbonyl (C=O) groups excluding carboxylic acids is 5. The van der Waals surface area contributed by atoms with Crippen molar-refractivity contribution in [3.05, 3.63) is 162 Å². The summed E-state index contributed by atoms with van der Waals surface area (Å²) in [5.41, 5.74) is 2.64. The highest BCUT2D eigenvalue weighted by atomic mass is 35.5. The molecule has 3 saturated carbocycles. The Labute approximate surface area is 491 Å². The Balaban J connectivity index is 0.000000125. The van der Waals surface area contributed by atoms with Crippen LogP contribution in [0, 0.1) is 17.8 Å². The van der Waals surface area contributed by atoms with Crippen molar-refractivity contribution in [2.45, 2.75) is 111 Å². The first-order valence-corrected chi connectivity index (χ1v) is 29.3. The highest BCUT2D eigenvalue weighted by Gasteiger charge is 2.52. The number of benzene rings is 4. The summed E-state index contributed by atoms with van der Waals surface area (Å²) in [5.74, 6) is 3.08. The van der Waals surface area contributed by atoms with Crippen molar-refractivity contribution in [1.29, 1.82) is 0 Å². The van der Waals surface area contributed by atoms with Gasteiger partial charge >= 0.3 is 0 Å². The van der Waals surface area contributed by atoms with E-state index in [1.807, 2.05) is 42.5 Å². The minimum absolute atomic E-state index is 0.0777. The number of aromatic nitrogens is 1. The molecule has 3 aliphatic carbocycles. The number of halogens is 1. The van der Waals surface area contributed by atoms with Gasteiger partial charge in [0, 0.05) is 45.4 Å². The summed E-state index contributed by atoms with van der Waals surface area (Å²) in [4.78, 5) is 65.8. The van der Waals surface area contributed by atoms with Gasteiger partial charge in [-0.2, -0.15) is 0 Å². The number of hydrogen-bond acceptors (Lipinski definition) is 15. The minimum atomic E-state index is -0.251. The van der Waals surface area contributed by atoms with Crippen molar-refractivity contribution in [3.63, 3.8) is 0 Å². The van der Waals surface area contributed by atoms with Gasteiger partial charge in [-0.05, 0) is 129 Å². The second kappa shape index (κ2) is 25.8. The molecule has 0 bridgehead atoms. The highest BCUT2D eigenvalue weighted by Crippen LogP contribution is 2.37. The fourth-order valence-corrected chi connectivity index (χ4v) is 11.4. The number of hydrogen-bond donors (Lipinski definition) is 6. The number of allylic oxidation sites excluding steroid dienone is 1. The molecule has 12 atom stereocenters. The van der Waals surface area contributed by atoms with Gasteiger partial charge in [-0.1, -0.05) is 48.5 Å². The number of nitrogens with one attached hydrogen (secondary N) is 6. The largest absolute Gasteiger partial charge is 0.457 e. The van der Waals surface area contributed by atoms with Crippen molar-refractivity contribution in [3.8, 4) is 23.0 Å². The molecule has 14 rings (SSSR count). The molecule has 6 N–H and O–H groups in total. The SMILES string of the molecule is C=C(NC1COC2C(NC(=O)c3cccc(Oc4cccnc4)c3)COC12)C1CC1.O=C(NC1COC2C(NC(=O)C3CC3)COC12)c1ccc(Oc2ccccc2)cc1.O=C(NC1COC2C(NC(=O)C3CC3)COC12)c1cccc(Cl)c1. The molecule has 1 aromatic heterocycles. The number of rotatable bonds is 17. The van der Waals surface area contributed by atoms with Crippen LogP contribution in [0.1, 0.15) is 69.6 Å². The summed E-state index contributed by atoms with van der Waals surface area (Å²) in [5, 5.41) is 19.0. The molecule has 6 aliphatic heterocycles. The zero-order chi connectivity index (χ0) is 57.7. The quantitative estimate of drug-likeness (QED) is 0.0621. The molecule has 5 amide bonds. The van der Waals surface area contributed by atoms with Gasteiger partial charge < -0.3 is 69.8 Å². The summed E-state index contributed by atoms with van der Waals surface area (Å²) >= 11 is 5.92. The second-order valence-electron chi connectivity index (χ2n) is 22.6. The molecular formula is C63H68ClN7O13. The average Bonchev–Trinajstić information content (AvgIpc) is 4.61. The molecular weight excluding hydrogens is 1100 g/mol. The third-order valence-electron chi connectivity index (χ3n) is 16.3. The lowest BCUT2D eigenvalue weighted by Gasteiger charge is -2.20. The van der Waals surface area contributed by atoms with Gasteiger partial charge in [0.25, 0.3) is 17.7 Å². The summed E-state index contributed by atoms with van der Waals surface area (Å²) in [7, 11) is 0. The Kier molecular flexibility index (Phi) is 17.5. The van der Waals surface area contributed by atoms with Crippen LogP contribution in [0.25, 0.3) is 0 Å². The third kappa shape index (κ3) is 14.0. The second-order valence-corrected chi connectivity index (χ2v) is 23.1. The first kappa shape index (κ1) is 57.0. The maximum Gasteiger partial charge on any atom is 0.251 e. The van der Waals surface area contributed by atoms with Crippen LogP contribution in [0.3, 0.4) is 0 Å². The van der Waals surface area contributed by atoms with Crippen LogP contribution >= 0.6 is 11.6 Å². The lowest BCUT2D eigenvalue weighted by molar-refractivity contribution is -0.124. The predicted octanol–water partition coefficient (Wildman–Crippen LogP) is 6.05.